The van der Waals surface area contributed by atoms with Gasteiger partial charge in [-0.05, 0) is 13.3 Å². The van der Waals surface area contributed by atoms with Crippen LogP contribution in [0.5, 0.6) is 0 Å². The Kier molecular flexibility index (Phi) is 2.53. The van der Waals surface area contributed by atoms with Gasteiger partial charge in [-0.1, -0.05) is 0 Å². The minimum Gasteiger partial charge on any atom is -0.388 e. The molecule has 0 amide bonds. The number of anilines is 1. The molecule has 1 fully saturated rings. The fourth-order valence-corrected chi connectivity index (χ4v) is 1.78. The Balaban J connectivity index is 2.32. The van der Waals surface area contributed by atoms with Crippen molar-refractivity contribution >= 4 is 5.82 Å². The molecule has 0 radical (unpaired) electrons. The zero-order chi connectivity index (χ0) is 11.9. The van der Waals surface area contributed by atoms with Crippen LogP contribution in [0.2, 0.25) is 0 Å². The summed E-state index contributed by atoms with van der Waals surface area (Å²) in [5.41, 5.74) is -0.945. The Hall–Kier alpha value is -1.30. The number of pyridine rings is 1. The molecule has 1 atom stereocenters. The lowest BCUT2D eigenvalue weighted by Crippen LogP contribution is -2.30. The van der Waals surface area contributed by atoms with Gasteiger partial charge < -0.3 is 10.0 Å². The van der Waals surface area contributed by atoms with E-state index in [1.165, 1.54) is 4.90 Å². The van der Waals surface area contributed by atoms with E-state index >= 15 is 0 Å². The molecule has 1 N–H and O–H groups in total. The van der Waals surface area contributed by atoms with Gasteiger partial charge >= 0.3 is 0 Å². The lowest BCUT2D eigenvalue weighted by molar-refractivity contribution is 0.0838. The molecule has 1 aromatic heterocycles. The molecule has 1 saturated heterocycles. The summed E-state index contributed by atoms with van der Waals surface area (Å²) in [7, 11) is 0. The number of rotatable bonds is 1. The fraction of sp³-hybridized carbons (Fsp3) is 0.500. The second-order valence-electron chi connectivity index (χ2n) is 4.23. The van der Waals surface area contributed by atoms with E-state index in [1.807, 2.05) is 0 Å². The molecule has 2 rings (SSSR count). The molecular formula is C10H11F3N2O. The molecule has 6 heteroatoms. The van der Waals surface area contributed by atoms with Crippen LogP contribution in [-0.2, 0) is 0 Å². The van der Waals surface area contributed by atoms with Gasteiger partial charge in [-0.15, -0.1) is 0 Å². The highest BCUT2D eigenvalue weighted by atomic mass is 19.2. The maximum absolute atomic E-state index is 13.3. The Morgan fingerprint density at radius 1 is 1.38 bits per heavy atom. The quantitative estimate of drug-likeness (QED) is 0.745. The molecule has 1 aromatic rings. The molecule has 16 heavy (non-hydrogen) atoms. The van der Waals surface area contributed by atoms with Gasteiger partial charge in [0.1, 0.15) is 0 Å². The van der Waals surface area contributed by atoms with Crippen LogP contribution < -0.4 is 4.90 Å². The highest BCUT2D eigenvalue weighted by molar-refractivity contribution is 5.42. The van der Waals surface area contributed by atoms with Crippen molar-refractivity contribution in [2.75, 3.05) is 18.0 Å². The van der Waals surface area contributed by atoms with Crippen molar-refractivity contribution in [1.29, 1.82) is 0 Å². The zero-order valence-corrected chi connectivity index (χ0v) is 8.67. The third-order valence-corrected chi connectivity index (χ3v) is 2.62. The molecule has 0 aromatic carbocycles. The standard InChI is InChI=1S/C10H11F3N2O/c1-10(16)2-3-15(5-10)9-7(12)4-6(11)8(13)14-9/h4,16H,2-3,5H2,1H3. The molecule has 0 bridgehead atoms. The summed E-state index contributed by atoms with van der Waals surface area (Å²) in [6, 6.07) is 0.463. The minimum atomic E-state index is -1.33. The highest BCUT2D eigenvalue weighted by Gasteiger charge is 2.33. The van der Waals surface area contributed by atoms with Crippen LogP contribution in [0.25, 0.3) is 0 Å². The van der Waals surface area contributed by atoms with Gasteiger partial charge in [0.15, 0.2) is 17.5 Å². The first-order valence-corrected chi connectivity index (χ1v) is 4.88. The highest BCUT2D eigenvalue weighted by Crippen LogP contribution is 2.27. The predicted molar refractivity (Wildman–Crippen MR) is 51.6 cm³/mol. The predicted octanol–water partition coefficient (Wildman–Crippen LogP) is 1.46. The number of hydrogen-bond acceptors (Lipinski definition) is 3. The average molecular weight is 232 g/mol. The number of halogens is 3. The second kappa shape index (κ2) is 3.62. The van der Waals surface area contributed by atoms with E-state index in [-0.39, 0.29) is 12.4 Å². The van der Waals surface area contributed by atoms with Gasteiger partial charge in [-0.2, -0.15) is 9.37 Å². The van der Waals surface area contributed by atoms with Crippen molar-refractivity contribution in [3.8, 4) is 0 Å². The lowest BCUT2D eigenvalue weighted by atomic mass is 10.1. The summed E-state index contributed by atoms with van der Waals surface area (Å²) >= 11 is 0. The van der Waals surface area contributed by atoms with Crippen LogP contribution in [0.1, 0.15) is 13.3 Å². The maximum Gasteiger partial charge on any atom is 0.251 e. The van der Waals surface area contributed by atoms with Crippen molar-refractivity contribution in [1.82, 2.24) is 4.98 Å². The van der Waals surface area contributed by atoms with Gasteiger partial charge in [0, 0.05) is 19.2 Å². The topological polar surface area (TPSA) is 36.4 Å². The second-order valence-corrected chi connectivity index (χ2v) is 4.23. The van der Waals surface area contributed by atoms with Crippen LogP contribution in [0.3, 0.4) is 0 Å². The van der Waals surface area contributed by atoms with Gasteiger partial charge in [0.05, 0.1) is 5.60 Å². The summed E-state index contributed by atoms with van der Waals surface area (Å²) in [5, 5.41) is 9.68. The van der Waals surface area contributed by atoms with Gasteiger partial charge in [-0.3, -0.25) is 0 Å². The number of aromatic nitrogens is 1. The average Bonchev–Trinajstić information content (AvgIpc) is 2.52. The summed E-state index contributed by atoms with van der Waals surface area (Å²) < 4.78 is 38.9. The first-order chi connectivity index (χ1) is 7.39. The molecule has 3 nitrogen and oxygen atoms in total. The monoisotopic (exact) mass is 232 g/mol. The number of β-amino-alcohol motifs (C(OH)–C–C–N with tert-alkyl or cyclic N) is 1. The molecule has 88 valence electrons. The first kappa shape index (κ1) is 11.2. The van der Waals surface area contributed by atoms with Crippen molar-refractivity contribution in [2.45, 2.75) is 18.9 Å². The zero-order valence-electron chi connectivity index (χ0n) is 8.67. The van der Waals surface area contributed by atoms with Gasteiger partial charge in [0.25, 0.3) is 5.95 Å². The Morgan fingerprint density at radius 3 is 2.62 bits per heavy atom. The summed E-state index contributed by atoms with van der Waals surface area (Å²) in [5.74, 6) is -3.82. The molecule has 0 saturated carbocycles. The summed E-state index contributed by atoms with van der Waals surface area (Å²) in [6.45, 7) is 2.12. The Morgan fingerprint density at radius 2 is 2.06 bits per heavy atom. The fourth-order valence-electron chi connectivity index (χ4n) is 1.78. The third-order valence-electron chi connectivity index (χ3n) is 2.62. The van der Waals surface area contributed by atoms with Crippen LogP contribution in [-0.4, -0.2) is 28.8 Å². The number of aliphatic hydroxyl groups is 1. The van der Waals surface area contributed by atoms with Crippen LogP contribution in [0.4, 0.5) is 19.0 Å². The molecule has 0 spiro atoms. The Bertz CT molecular complexity index is 423. The minimum absolute atomic E-state index is 0.155. The first-order valence-electron chi connectivity index (χ1n) is 4.88. The van der Waals surface area contributed by atoms with E-state index < -0.39 is 23.2 Å². The van der Waals surface area contributed by atoms with Gasteiger partial charge in [-0.25, -0.2) is 8.78 Å². The van der Waals surface area contributed by atoms with Crippen molar-refractivity contribution in [3.63, 3.8) is 0 Å². The van der Waals surface area contributed by atoms with Crippen LogP contribution in [0, 0.1) is 17.6 Å². The van der Waals surface area contributed by atoms with E-state index in [0.717, 1.165) is 0 Å². The normalized spacial score (nSPS) is 25.2. The van der Waals surface area contributed by atoms with Crippen LogP contribution in [0.15, 0.2) is 6.07 Å². The number of nitrogens with zero attached hydrogens (tertiary/aromatic N) is 2. The van der Waals surface area contributed by atoms with Crippen LogP contribution >= 0.6 is 0 Å². The van der Waals surface area contributed by atoms with Crippen molar-refractivity contribution < 1.29 is 18.3 Å². The largest absolute Gasteiger partial charge is 0.388 e. The Labute approximate surface area is 90.5 Å². The van der Waals surface area contributed by atoms with E-state index in [0.29, 0.717) is 19.0 Å². The summed E-state index contributed by atoms with van der Waals surface area (Å²) in [4.78, 5) is 4.62. The van der Waals surface area contributed by atoms with Crippen molar-refractivity contribution in [3.05, 3.63) is 23.6 Å². The molecule has 1 aliphatic rings. The molecule has 0 aliphatic carbocycles. The van der Waals surface area contributed by atoms with E-state index in [9.17, 15) is 18.3 Å². The SMILES string of the molecule is CC1(O)CCN(c2nc(F)c(F)cc2F)C1. The summed E-state index contributed by atoms with van der Waals surface area (Å²) in [6.07, 6.45) is 0.438. The van der Waals surface area contributed by atoms with E-state index in [1.54, 1.807) is 6.92 Å². The molecule has 2 heterocycles. The molecule has 1 aliphatic heterocycles. The maximum atomic E-state index is 13.3. The third kappa shape index (κ3) is 1.97. The number of hydrogen-bond donors (Lipinski definition) is 1. The molecular weight excluding hydrogens is 221 g/mol. The van der Waals surface area contributed by atoms with E-state index in [2.05, 4.69) is 4.98 Å². The van der Waals surface area contributed by atoms with Gasteiger partial charge in [0.2, 0.25) is 0 Å². The molecule has 1 unspecified atom stereocenters. The smallest absolute Gasteiger partial charge is 0.251 e. The lowest BCUT2D eigenvalue weighted by Gasteiger charge is -2.20. The van der Waals surface area contributed by atoms with Crippen molar-refractivity contribution in [2.24, 2.45) is 0 Å². The van der Waals surface area contributed by atoms with E-state index in [4.69, 9.17) is 0 Å².